The van der Waals surface area contributed by atoms with E-state index in [0.717, 1.165) is 11.3 Å². The first-order chi connectivity index (χ1) is 9.58. The van der Waals surface area contributed by atoms with Crippen molar-refractivity contribution in [1.29, 1.82) is 0 Å². The molecule has 2 bridgehead atoms. The molecule has 0 N–H and O–H groups in total. The SMILES string of the molecule is O=C1[C@@H]2[C@H](C(=O)N1c1ccc(Br)cc1F)[C@H]1C=C[C@H]2C1. The maximum absolute atomic E-state index is 14.0. The molecule has 102 valence electrons. The van der Waals surface area contributed by atoms with Crippen LogP contribution in [0.2, 0.25) is 0 Å². The summed E-state index contributed by atoms with van der Waals surface area (Å²) in [6.45, 7) is 0. The first-order valence-corrected chi connectivity index (χ1v) is 7.38. The third-order valence-electron chi connectivity index (χ3n) is 4.62. The summed E-state index contributed by atoms with van der Waals surface area (Å²) in [4.78, 5) is 26.1. The van der Waals surface area contributed by atoms with Crippen LogP contribution in [0.3, 0.4) is 0 Å². The lowest BCUT2D eigenvalue weighted by molar-refractivity contribution is -0.123. The second-order valence-corrected chi connectivity index (χ2v) is 6.52. The molecule has 1 heterocycles. The summed E-state index contributed by atoms with van der Waals surface area (Å²) < 4.78 is 14.6. The van der Waals surface area contributed by atoms with Gasteiger partial charge >= 0.3 is 0 Å². The summed E-state index contributed by atoms with van der Waals surface area (Å²) in [7, 11) is 0. The molecule has 4 rings (SSSR count). The largest absolute Gasteiger partial charge is 0.274 e. The van der Waals surface area contributed by atoms with Crippen molar-refractivity contribution in [1.82, 2.24) is 0 Å². The molecule has 3 aliphatic rings. The first-order valence-electron chi connectivity index (χ1n) is 6.59. The highest BCUT2D eigenvalue weighted by molar-refractivity contribution is 9.10. The fourth-order valence-electron chi connectivity index (χ4n) is 3.80. The number of halogens is 2. The van der Waals surface area contributed by atoms with E-state index in [4.69, 9.17) is 0 Å². The molecule has 3 nitrogen and oxygen atoms in total. The van der Waals surface area contributed by atoms with Gasteiger partial charge in [-0.05, 0) is 36.5 Å². The van der Waals surface area contributed by atoms with Crippen molar-refractivity contribution >= 4 is 33.4 Å². The van der Waals surface area contributed by atoms with E-state index in [1.54, 1.807) is 6.07 Å². The highest BCUT2D eigenvalue weighted by atomic mass is 79.9. The van der Waals surface area contributed by atoms with E-state index < -0.39 is 5.82 Å². The van der Waals surface area contributed by atoms with Crippen LogP contribution in [0.5, 0.6) is 0 Å². The van der Waals surface area contributed by atoms with Gasteiger partial charge in [0.15, 0.2) is 0 Å². The number of amides is 2. The zero-order valence-electron chi connectivity index (χ0n) is 10.4. The molecule has 5 heteroatoms. The summed E-state index contributed by atoms with van der Waals surface area (Å²) in [5.74, 6) is -1.35. The minimum atomic E-state index is -0.554. The standard InChI is InChI=1S/C15H11BrFNO2/c16-9-3-4-11(10(17)6-9)18-14(19)12-7-1-2-8(5-7)13(12)15(18)20/h1-4,6-8,12-13H,5H2/t7-,8-,12-,13+/m0/s1. The molecule has 2 amide bonds. The molecule has 0 radical (unpaired) electrons. The minimum Gasteiger partial charge on any atom is -0.274 e. The Kier molecular flexibility index (Phi) is 2.46. The van der Waals surface area contributed by atoms with E-state index in [0.29, 0.717) is 4.47 Å². The Balaban J connectivity index is 1.78. The molecule has 1 saturated carbocycles. The number of carbonyl (C=O) groups excluding carboxylic acids is 2. The van der Waals surface area contributed by atoms with E-state index in [-0.39, 0.29) is 41.2 Å². The molecule has 0 aromatic heterocycles. The van der Waals surface area contributed by atoms with Gasteiger partial charge in [-0.3, -0.25) is 9.59 Å². The van der Waals surface area contributed by atoms with Crippen molar-refractivity contribution < 1.29 is 14.0 Å². The van der Waals surface area contributed by atoms with Gasteiger partial charge in [-0.1, -0.05) is 28.1 Å². The topological polar surface area (TPSA) is 37.4 Å². The van der Waals surface area contributed by atoms with Crippen LogP contribution in [-0.2, 0) is 9.59 Å². The van der Waals surface area contributed by atoms with Gasteiger partial charge in [-0.25, -0.2) is 9.29 Å². The number of hydrogen-bond donors (Lipinski definition) is 0. The van der Waals surface area contributed by atoms with Crippen LogP contribution in [0.15, 0.2) is 34.8 Å². The number of hydrogen-bond acceptors (Lipinski definition) is 2. The zero-order chi connectivity index (χ0) is 14.0. The number of fused-ring (bicyclic) bond motifs is 5. The maximum atomic E-state index is 14.0. The van der Waals surface area contributed by atoms with Gasteiger partial charge in [-0.15, -0.1) is 0 Å². The molecule has 0 spiro atoms. The van der Waals surface area contributed by atoms with Crippen molar-refractivity contribution in [2.75, 3.05) is 4.90 Å². The zero-order valence-corrected chi connectivity index (χ0v) is 12.0. The van der Waals surface area contributed by atoms with E-state index in [9.17, 15) is 14.0 Å². The highest BCUT2D eigenvalue weighted by Crippen LogP contribution is 2.53. The smallest absolute Gasteiger partial charge is 0.238 e. The van der Waals surface area contributed by atoms with Gasteiger partial charge in [0.05, 0.1) is 17.5 Å². The Morgan fingerprint density at radius 1 is 1.10 bits per heavy atom. The van der Waals surface area contributed by atoms with Gasteiger partial charge in [0.1, 0.15) is 5.82 Å². The predicted molar refractivity (Wildman–Crippen MR) is 74.3 cm³/mol. The Morgan fingerprint density at radius 3 is 2.25 bits per heavy atom. The average Bonchev–Trinajstić information content (AvgIpc) is 3.06. The van der Waals surface area contributed by atoms with Crippen LogP contribution >= 0.6 is 15.9 Å². The highest BCUT2D eigenvalue weighted by Gasteiger charge is 2.59. The molecule has 0 unspecified atom stereocenters. The maximum Gasteiger partial charge on any atom is 0.238 e. The molecule has 1 saturated heterocycles. The van der Waals surface area contributed by atoms with Gasteiger partial charge in [0.2, 0.25) is 11.8 Å². The van der Waals surface area contributed by atoms with Crippen molar-refractivity contribution in [2.45, 2.75) is 6.42 Å². The molecule has 1 aliphatic heterocycles. The van der Waals surface area contributed by atoms with Gasteiger partial charge < -0.3 is 0 Å². The summed E-state index contributed by atoms with van der Waals surface area (Å²) in [5.41, 5.74) is 0.0667. The fourth-order valence-corrected chi connectivity index (χ4v) is 4.14. The van der Waals surface area contributed by atoms with Gasteiger partial charge in [0, 0.05) is 4.47 Å². The van der Waals surface area contributed by atoms with Crippen LogP contribution in [0.25, 0.3) is 0 Å². The average molecular weight is 336 g/mol. The number of rotatable bonds is 1. The Hall–Kier alpha value is -1.49. The lowest BCUT2D eigenvalue weighted by atomic mass is 9.85. The number of anilines is 1. The number of carbonyl (C=O) groups is 2. The van der Waals surface area contributed by atoms with Crippen LogP contribution in [0.1, 0.15) is 6.42 Å². The lowest BCUT2D eigenvalue weighted by Gasteiger charge is -2.18. The Labute approximate surface area is 123 Å². The van der Waals surface area contributed by atoms with Gasteiger partial charge in [-0.2, -0.15) is 0 Å². The van der Waals surface area contributed by atoms with Crippen LogP contribution in [-0.4, -0.2) is 11.8 Å². The molecule has 2 aliphatic carbocycles. The number of allylic oxidation sites excluding steroid dienone is 2. The van der Waals surface area contributed by atoms with Crippen molar-refractivity contribution in [3.05, 3.63) is 40.6 Å². The van der Waals surface area contributed by atoms with Crippen LogP contribution in [0.4, 0.5) is 10.1 Å². The summed E-state index contributed by atoms with van der Waals surface area (Å²) in [6, 6.07) is 4.39. The summed E-state index contributed by atoms with van der Waals surface area (Å²) in [6.07, 6.45) is 4.93. The van der Waals surface area contributed by atoms with E-state index >= 15 is 0 Å². The minimum absolute atomic E-state index is 0.0667. The Bertz CT molecular complexity index is 642. The van der Waals surface area contributed by atoms with Crippen LogP contribution in [0, 0.1) is 29.5 Å². The van der Waals surface area contributed by atoms with Gasteiger partial charge in [0.25, 0.3) is 0 Å². The van der Waals surface area contributed by atoms with Crippen LogP contribution < -0.4 is 4.90 Å². The van der Waals surface area contributed by atoms with E-state index in [1.807, 2.05) is 12.2 Å². The first kappa shape index (κ1) is 12.3. The van der Waals surface area contributed by atoms with E-state index in [1.165, 1.54) is 12.1 Å². The molecule has 1 aromatic rings. The number of benzene rings is 1. The number of imide groups is 1. The third kappa shape index (κ3) is 1.44. The molecular formula is C15H11BrFNO2. The number of nitrogens with zero attached hydrogens (tertiary/aromatic N) is 1. The quantitative estimate of drug-likeness (QED) is 0.584. The molecular weight excluding hydrogens is 325 g/mol. The van der Waals surface area contributed by atoms with Crippen molar-refractivity contribution in [2.24, 2.45) is 23.7 Å². The second kappa shape index (κ2) is 4.01. The monoisotopic (exact) mass is 335 g/mol. The molecule has 1 aromatic carbocycles. The Morgan fingerprint density at radius 2 is 1.70 bits per heavy atom. The predicted octanol–water partition coefficient (Wildman–Crippen LogP) is 2.90. The summed E-state index contributed by atoms with van der Waals surface area (Å²) in [5, 5.41) is 0. The summed E-state index contributed by atoms with van der Waals surface area (Å²) >= 11 is 3.17. The second-order valence-electron chi connectivity index (χ2n) is 5.61. The molecule has 2 fully saturated rings. The molecule has 20 heavy (non-hydrogen) atoms. The molecule has 4 atom stereocenters. The lowest BCUT2D eigenvalue weighted by Crippen LogP contribution is -2.33. The van der Waals surface area contributed by atoms with Crippen molar-refractivity contribution in [3.8, 4) is 0 Å². The van der Waals surface area contributed by atoms with Crippen molar-refractivity contribution in [3.63, 3.8) is 0 Å². The van der Waals surface area contributed by atoms with E-state index in [2.05, 4.69) is 15.9 Å². The normalized spacial score (nSPS) is 34.2. The third-order valence-corrected chi connectivity index (χ3v) is 5.11. The fraction of sp³-hybridized carbons (Fsp3) is 0.333.